The molecule has 1 aromatic carbocycles. The van der Waals surface area contributed by atoms with Gasteiger partial charge in [0.2, 0.25) is 0 Å². The first-order valence-electron chi connectivity index (χ1n) is 5.88. The van der Waals surface area contributed by atoms with Crippen LogP contribution in [0.15, 0.2) is 24.3 Å². The molecular weight excluding hydrogens is 246 g/mol. The zero-order chi connectivity index (χ0) is 14.3. The molecule has 6 heteroatoms. The van der Waals surface area contributed by atoms with Crippen molar-refractivity contribution in [3.8, 4) is 6.07 Å². The third-order valence-electron chi connectivity index (χ3n) is 2.48. The molecule has 1 unspecified atom stereocenters. The molecule has 0 heterocycles. The van der Waals surface area contributed by atoms with Gasteiger partial charge in [-0.25, -0.2) is 9.59 Å². The monoisotopic (exact) mass is 261 g/mol. The molecule has 0 fully saturated rings. The summed E-state index contributed by atoms with van der Waals surface area (Å²) in [6.07, 6.45) is 0.995. The summed E-state index contributed by atoms with van der Waals surface area (Å²) in [6, 6.07) is 6.88. The number of amides is 2. The molecule has 0 aliphatic heterocycles. The summed E-state index contributed by atoms with van der Waals surface area (Å²) >= 11 is 0. The van der Waals surface area contributed by atoms with E-state index in [0.29, 0.717) is 24.1 Å². The fourth-order valence-electron chi connectivity index (χ4n) is 1.55. The Morgan fingerprint density at radius 3 is 2.68 bits per heavy atom. The quantitative estimate of drug-likeness (QED) is 0.753. The van der Waals surface area contributed by atoms with E-state index in [9.17, 15) is 9.59 Å². The summed E-state index contributed by atoms with van der Waals surface area (Å²) in [4.78, 5) is 22.6. The highest BCUT2D eigenvalue weighted by molar-refractivity contribution is 5.93. The number of carbonyl (C=O) groups is 2. The van der Waals surface area contributed by atoms with Crippen LogP contribution in [-0.2, 0) is 4.79 Å². The molecule has 1 aromatic rings. The standard InChI is InChI=1S/C13H15N3O3/c1-2-5-11(12(17)18)16-13(19)15-10-7-4-3-6-9(10)8-14/h3-4,6-7,11H,2,5H2,1H3,(H,17,18)(H2,15,16,19). The topological polar surface area (TPSA) is 102 Å². The predicted molar refractivity (Wildman–Crippen MR) is 69.6 cm³/mol. The molecule has 0 saturated carbocycles. The van der Waals surface area contributed by atoms with Crippen molar-refractivity contribution < 1.29 is 14.7 Å². The maximum absolute atomic E-state index is 11.7. The van der Waals surface area contributed by atoms with E-state index in [1.54, 1.807) is 24.3 Å². The number of hydrogen-bond acceptors (Lipinski definition) is 3. The molecule has 2 amide bonds. The molecule has 0 spiro atoms. The summed E-state index contributed by atoms with van der Waals surface area (Å²) in [7, 11) is 0. The van der Waals surface area contributed by atoms with Crippen molar-refractivity contribution in [3.63, 3.8) is 0 Å². The number of carboxylic acids is 1. The maximum atomic E-state index is 11.7. The third kappa shape index (κ3) is 4.32. The second-order valence-corrected chi connectivity index (χ2v) is 3.94. The van der Waals surface area contributed by atoms with E-state index in [4.69, 9.17) is 10.4 Å². The minimum Gasteiger partial charge on any atom is -0.480 e. The zero-order valence-electron chi connectivity index (χ0n) is 10.5. The van der Waals surface area contributed by atoms with Crippen LogP contribution in [0.3, 0.4) is 0 Å². The van der Waals surface area contributed by atoms with Crippen molar-refractivity contribution in [3.05, 3.63) is 29.8 Å². The van der Waals surface area contributed by atoms with Gasteiger partial charge >= 0.3 is 12.0 Å². The van der Waals surface area contributed by atoms with E-state index in [1.807, 2.05) is 13.0 Å². The molecule has 100 valence electrons. The Morgan fingerprint density at radius 2 is 2.11 bits per heavy atom. The Hall–Kier alpha value is -2.55. The number of carbonyl (C=O) groups excluding carboxylic acids is 1. The molecule has 1 atom stereocenters. The van der Waals surface area contributed by atoms with E-state index in [0.717, 1.165) is 0 Å². The Labute approximate surface area is 111 Å². The van der Waals surface area contributed by atoms with E-state index < -0.39 is 18.0 Å². The van der Waals surface area contributed by atoms with Crippen molar-refractivity contribution >= 4 is 17.7 Å². The SMILES string of the molecule is CCCC(NC(=O)Nc1ccccc1C#N)C(=O)O. The number of carboxylic acid groups (broad SMARTS) is 1. The van der Waals surface area contributed by atoms with Crippen molar-refractivity contribution in [2.75, 3.05) is 5.32 Å². The van der Waals surface area contributed by atoms with Gasteiger partial charge in [-0.05, 0) is 18.6 Å². The number of nitrogens with zero attached hydrogens (tertiary/aromatic N) is 1. The molecule has 0 radical (unpaired) electrons. The third-order valence-corrected chi connectivity index (χ3v) is 2.48. The summed E-state index contributed by atoms with van der Waals surface area (Å²) in [5.74, 6) is -1.08. The fraction of sp³-hybridized carbons (Fsp3) is 0.308. The number of benzene rings is 1. The largest absolute Gasteiger partial charge is 0.480 e. The fourth-order valence-corrected chi connectivity index (χ4v) is 1.55. The van der Waals surface area contributed by atoms with Crippen molar-refractivity contribution in [2.45, 2.75) is 25.8 Å². The summed E-state index contributed by atoms with van der Waals surface area (Å²) in [5, 5.41) is 22.6. The van der Waals surface area contributed by atoms with Gasteiger partial charge in [-0.3, -0.25) is 0 Å². The number of nitriles is 1. The molecule has 0 aliphatic carbocycles. The van der Waals surface area contributed by atoms with Crippen molar-refractivity contribution in [2.24, 2.45) is 0 Å². The smallest absolute Gasteiger partial charge is 0.326 e. The average Bonchev–Trinajstić information content (AvgIpc) is 2.38. The Bertz CT molecular complexity index is 508. The number of hydrogen-bond donors (Lipinski definition) is 3. The molecule has 0 bridgehead atoms. The number of rotatable bonds is 5. The van der Waals surface area contributed by atoms with Gasteiger partial charge in [0.25, 0.3) is 0 Å². The van der Waals surface area contributed by atoms with E-state index >= 15 is 0 Å². The Balaban J connectivity index is 2.69. The van der Waals surface area contributed by atoms with Gasteiger partial charge in [-0.1, -0.05) is 25.5 Å². The van der Waals surface area contributed by atoms with Crippen LogP contribution in [-0.4, -0.2) is 23.1 Å². The van der Waals surface area contributed by atoms with Crippen LogP contribution in [0, 0.1) is 11.3 Å². The zero-order valence-corrected chi connectivity index (χ0v) is 10.5. The number of aliphatic carboxylic acids is 1. The Morgan fingerprint density at radius 1 is 1.42 bits per heavy atom. The molecule has 0 aliphatic rings. The molecule has 6 nitrogen and oxygen atoms in total. The van der Waals surface area contributed by atoms with Gasteiger partial charge in [0.1, 0.15) is 12.1 Å². The molecule has 0 aromatic heterocycles. The number of anilines is 1. The lowest BCUT2D eigenvalue weighted by Crippen LogP contribution is -2.42. The lowest BCUT2D eigenvalue weighted by atomic mass is 10.2. The van der Waals surface area contributed by atoms with E-state index in [2.05, 4.69) is 10.6 Å². The van der Waals surface area contributed by atoms with Crippen LogP contribution >= 0.6 is 0 Å². The van der Waals surface area contributed by atoms with Crippen molar-refractivity contribution in [1.29, 1.82) is 5.26 Å². The first-order chi connectivity index (χ1) is 9.08. The van der Waals surface area contributed by atoms with Gasteiger partial charge in [0.05, 0.1) is 11.3 Å². The molecule has 3 N–H and O–H groups in total. The first-order valence-corrected chi connectivity index (χ1v) is 5.88. The minimum atomic E-state index is -1.08. The number of nitrogens with one attached hydrogen (secondary N) is 2. The van der Waals surface area contributed by atoms with E-state index in [1.165, 1.54) is 0 Å². The molecular formula is C13H15N3O3. The molecule has 0 saturated heterocycles. The first kappa shape index (κ1) is 14.5. The van der Waals surface area contributed by atoms with Crippen molar-refractivity contribution in [1.82, 2.24) is 5.32 Å². The minimum absolute atomic E-state index is 0.319. The highest BCUT2D eigenvalue weighted by Gasteiger charge is 2.19. The highest BCUT2D eigenvalue weighted by atomic mass is 16.4. The van der Waals surface area contributed by atoms with Gasteiger partial charge in [-0.2, -0.15) is 5.26 Å². The summed E-state index contributed by atoms with van der Waals surface area (Å²) in [5.41, 5.74) is 0.670. The van der Waals surface area contributed by atoms with E-state index in [-0.39, 0.29) is 0 Å². The maximum Gasteiger partial charge on any atom is 0.326 e. The van der Waals surface area contributed by atoms with Crippen LogP contribution in [0.25, 0.3) is 0 Å². The lowest BCUT2D eigenvalue weighted by Gasteiger charge is -2.14. The lowest BCUT2D eigenvalue weighted by molar-refractivity contribution is -0.139. The normalized spacial score (nSPS) is 11.2. The highest BCUT2D eigenvalue weighted by Crippen LogP contribution is 2.13. The second kappa shape index (κ2) is 7.01. The predicted octanol–water partition coefficient (Wildman–Crippen LogP) is 1.93. The second-order valence-electron chi connectivity index (χ2n) is 3.94. The summed E-state index contributed by atoms with van der Waals surface area (Å²) in [6.45, 7) is 1.83. The van der Waals surface area contributed by atoms with Crippen LogP contribution < -0.4 is 10.6 Å². The average molecular weight is 261 g/mol. The van der Waals surface area contributed by atoms with Crippen LogP contribution in [0.1, 0.15) is 25.3 Å². The van der Waals surface area contributed by atoms with Gasteiger partial charge < -0.3 is 15.7 Å². The number of urea groups is 1. The van der Waals surface area contributed by atoms with Crippen LogP contribution in [0.4, 0.5) is 10.5 Å². The van der Waals surface area contributed by atoms with Crippen LogP contribution in [0.2, 0.25) is 0 Å². The Kier molecular flexibility index (Phi) is 5.35. The molecule has 19 heavy (non-hydrogen) atoms. The molecule has 1 rings (SSSR count). The van der Waals surface area contributed by atoms with Crippen LogP contribution in [0.5, 0.6) is 0 Å². The van der Waals surface area contributed by atoms with Gasteiger partial charge in [0.15, 0.2) is 0 Å². The van der Waals surface area contributed by atoms with Gasteiger partial charge in [0, 0.05) is 0 Å². The van der Waals surface area contributed by atoms with Gasteiger partial charge in [-0.15, -0.1) is 0 Å². The number of para-hydroxylation sites is 1. The summed E-state index contributed by atoms with van der Waals surface area (Å²) < 4.78 is 0.